The Morgan fingerprint density at radius 1 is 0.968 bits per heavy atom. The van der Waals surface area contributed by atoms with Crippen molar-refractivity contribution in [3.8, 4) is 11.4 Å². The van der Waals surface area contributed by atoms with E-state index >= 15 is 0 Å². The number of urea groups is 1. The van der Waals surface area contributed by atoms with E-state index in [2.05, 4.69) is 31.1 Å². The van der Waals surface area contributed by atoms with Crippen LogP contribution in [0.15, 0.2) is 53.0 Å². The number of carbonyl (C=O) groups excluding carboxylic acids is 1. The lowest BCUT2D eigenvalue weighted by atomic mass is 10.1. The van der Waals surface area contributed by atoms with Crippen molar-refractivity contribution in [1.29, 1.82) is 0 Å². The maximum absolute atomic E-state index is 12.6. The largest absolute Gasteiger partial charge is 0.353 e. The second kappa shape index (κ2) is 9.24. The smallest absolute Gasteiger partial charge is 0.321 e. The maximum Gasteiger partial charge on any atom is 0.321 e. The monoisotopic (exact) mass is 499 g/mol. The molecule has 0 radical (unpaired) electrons. The summed E-state index contributed by atoms with van der Waals surface area (Å²) in [5, 5.41) is 3.65. The molecule has 1 aliphatic heterocycles. The lowest BCUT2D eigenvalue weighted by Crippen LogP contribution is -2.50. The van der Waals surface area contributed by atoms with Gasteiger partial charge in [0.25, 0.3) is 0 Å². The van der Waals surface area contributed by atoms with Gasteiger partial charge in [0, 0.05) is 58.2 Å². The van der Waals surface area contributed by atoms with Crippen molar-refractivity contribution in [3.05, 3.63) is 69.3 Å². The third kappa shape index (κ3) is 4.99. The predicted molar refractivity (Wildman–Crippen MR) is 129 cm³/mol. The van der Waals surface area contributed by atoms with Gasteiger partial charge in [-0.2, -0.15) is 0 Å². The average molecular weight is 501 g/mol. The van der Waals surface area contributed by atoms with E-state index in [0.29, 0.717) is 37.0 Å². The Morgan fingerprint density at radius 2 is 1.61 bits per heavy atom. The molecule has 8 heteroatoms. The highest BCUT2D eigenvalue weighted by Gasteiger charge is 2.24. The van der Waals surface area contributed by atoms with Crippen LogP contribution in [0, 0.1) is 13.8 Å². The summed E-state index contributed by atoms with van der Waals surface area (Å²) >= 11 is 9.42. The summed E-state index contributed by atoms with van der Waals surface area (Å²) < 4.78 is 0.979. The van der Waals surface area contributed by atoms with Gasteiger partial charge in [0.15, 0.2) is 5.82 Å². The number of carbonyl (C=O) groups is 1. The lowest BCUT2D eigenvalue weighted by Gasteiger charge is -2.36. The van der Waals surface area contributed by atoms with E-state index in [0.717, 1.165) is 32.8 Å². The van der Waals surface area contributed by atoms with E-state index in [9.17, 15) is 4.79 Å². The van der Waals surface area contributed by atoms with Crippen LogP contribution < -0.4 is 10.2 Å². The molecule has 3 aromatic rings. The van der Waals surface area contributed by atoms with Gasteiger partial charge >= 0.3 is 6.03 Å². The molecule has 1 fully saturated rings. The number of nitrogens with one attached hydrogen (secondary N) is 1. The molecule has 4 rings (SSSR count). The number of nitrogens with zero attached hydrogens (tertiary/aromatic N) is 4. The summed E-state index contributed by atoms with van der Waals surface area (Å²) in [5.41, 5.74) is 3.72. The maximum atomic E-state index is 12.6. The van der Waals surface area contributed by atoms with E-state index in [1.54, 1.807) is 0 Å². The van der Waals surface area contributed by atoms with E-state index < -0.39 is 0 Å². The van der Waals surface area contributed by atoms with Crippen LogP contribution in [-0.4, -0.2) is 47.1 Å². The minimum atomic E-state index is -0.0839. The second-order valence-electron chi connectivity index (χ2n) is 7.50. The van der Waals surface area contributed by atoms with Crippen LogP contribution in [0.4, 0.5) is 16.3 Å². The predicted octanol–water partition coefficient (Wildman–Crippen LogP) is 5.53. The number of rotatable bonds is 3. The highest BCUT2D eigenvalue weighted by molar-refractivity contribution is 9.10. The summed E-state index contributed by atoms with van der Waals surface area (Å²) in [6, 6.07) is 15.0. The molecule has 0 aliphatic carbocycles. The second-order valence-corrected chi connectivity index (χ2v) is 8.85. The van der Waals surface area contributed by atoms with E-state index in [-0.39, 0.29) is 6.03 Å². The Balaban J connectivity index is 1.46. The summed E-state index contributed by atoms with van der Waals surface area (Å²) in [6.45, 7) is 6.73. The number of amides is 2. The number of aromatic nitrogens is 2. The van der Waals surface area contributed by atoms with Gasteiger partial charge in [-0.05, 0) is 62.4 Å². The van der Waals surface area contributed by atoms with Gasteiger partial charge in [0.2, 0.25) is 0 Å². The fourth-order valence-corrected chi connectivity index (χ4v) is 3.90. The Hall–Kier alpha value is -2.64. The van der Waals surface area contributed by atoms with Gasteiger partial charge in [-0.25, -0.2) is 14.8 Å². The van der Waals surface area contributed by atoms with Crippen LogP contribution >= 0.6 is 27.5 Å². The van der Waals surface area contributed by atoms with Crippen LogP contribution in [0.1, 0.15) is 11.3 Å². The molecule has 1 saturated heterocycles. The first kappa shape index (κ1) is 21.6. The first-order valence-electron chi connectivity index (χ1n) is 10.1. The van der Waals surface area contributed by atoms with Crippen molar-refractivity contribution >= 4 is 45.1 Å². The minimum absolute atomic E-state index is 0.0839. The number of benzene rings is 2. The van der Waals surface area contributed by atoms with Crippen molar-refractivity contribution in [1.82, 2.24) is 14.9 Å². The standard InChI is InChI=1S/C23H23BrClN5O/c1-15-16(2)26-21(17-3-7-19(25)8-4-17)28-22(15)29-11-13-30(14-12-29)23(31)27-20-9-5-18(24)6-10-20/h3-10H,11-14H2,1-2H3,(H,27,31). The van der Waals surface area contributed by atoms with Gasteiger partial charge < -0.3 is 15.1 Å². The zero-order valence-electron chi connectivity index (χ0n) is 17.4. The summed E-state index contributed by atoms with van der Waals surface area (Å²) in [7, 11) is 0. The van der Waals surface area contributed by atoms with Gasteiger partial charge in [0.05, 0.1) is 0 Å². The average Bonchev–Trinajstić information content (AvgIpc) is 2.78. The molecular formula is C23H23BrClN5O. The van der Waals surface area contributed by atoms with E-state index in [1.165, 1.54) is 0 Å². The number of aryl methyl sites for hydroxylation is 1. The number of hydrogen-bond acceptors (Lipinski definition) is 4. The molecule has 6 nitrogen and oxygen atoms in total. The third-order valence-electron chi connectivity index (χ3n) is 5.43. The summed E-state index contributed by atoms with van der Waals surface area (Å²) in [4.78, 5) is 26.2. The molecular weight excluding hydrogens is 478 g/mol. The fraction of sp³-hybridized carbons (Fsp3) is 0.261. The number of hydrogen-bond donors (Lipinski definition) is 1. The van der Waals surface area contributed by atoms with Crippen molar-refractivity contribution in [2.45, 2.75) is 13.8 Å². The molecule has 1 N–H and O–H groups in total. The first-order valence-corrected chi connectivity index (χ1v) is 11.3. The highest BCUT2D eigenvalue weighted by atomic mass is 79.9. The molecule has 0 atom stereocenters. The normalized spacial score (nSPS) is 13.9. The fourth-order valence-electron chi connectivity index (χ4n) is 3.51. The highest BCUT2D eigenvalue weighted by Crippen LogP contribution is 2.26. The first-order chi connectivity index (χ1) is 14.9. The van der Waals surface area contributed by atoms with Gasteiger partial charge in [-0.1, -0.05) is 27.5 Å². The summed E-state index contributed by atoms with van der Waals surface area (Å²) in [5.74, 6) is 1.61. The Bertz CT molecular complexity index is 1080. The van der Waals surface area contributed by atoms with Gasteiger partial charge in [0.1, 0.15) is 5.82 Å². The molecule has 2 aromatic carbocycles. The molecule has 31 heavy (non-hydrogen) atoms. The molecule has 1 aliphatic rings. The van der Waals surface area contributed by atoms with Crippen LogP contribution in [0.3, 0.4) is 0 Å². The topological polar surface area (TPSA) is 61.4 Å². The third-order valence-corrected chi connectivity index (χ3v) is 6.21. The zero-order chi connectivity index (χ0) is 22.0. The Morgan fingerprint density at radius 3 is 2.26 bits per heavy atom. The van der Waals surface area contributed by atoms with E-state index in [4.69, 9.17) is 16.6 Å². The zero-order valence-corrected chi connectivity index (χ0v) is 19.7. The number of piperazine rings is 1. The van der Waals surface area contributed by atoms with Crippen LogP contribution in [0.25, 0.3) is 11.4 Å². The van der Waals surface area contributed by atoms with Crippen molar-refractivity contribution in [2.24, 2.45) is 0 Å². The van der Waals surface area contributed by atoms with Crippen molar-refractivity contribution in [3.63, 3.8) is 0 Å². The van der Waals surface area contributed by atoms with Crippen molar-refractivity contribution < 1.29 is 4.79 Å². The molecule has 160 valence electrons. The molecule has 0 spiro atoms. The Kier molecular flexibility index (Phi) is 6.43. The molecule has 0 saturated carbocycles. The lowest BCUT2D eigenvalue weighted by molar-refractivity contribution is 0.208. The van der Waals surface area contributed by atoms with Crippen LogP contribution in [-0.2, 0) is 0 Å². The van der Waals surface area contributed by atoms with Gasteiger partial charge in [-0.3, -0.25) is 0 Å². The SMILES string of the molecule is Cc1nc(-c2ccc(Cl)cc2)nc(N2CCN(C(=O)Nc3ccc(Br)cc3)CC2)c1C. The molecule has 2 heterocycles. The Labute approximate surface area is 195 Å². The minimum Gasteiger partial charge on any atom is -0.353 e. The number of halogens is 2. The molecule has 2 amide bonds. The molecule has 0 bridgehead atoms. The van der Waals surface area contributed by atoms with Gasteiger partial charge in [-0.15, -0.1) is 0 Å². The summed E-state index contributed by atoms with van der Waals surface area (Å²) in [6.07, 6.45) is 0. The van der Waals surface area contributed by atoms with E-state index in [1.807, 2.05) is 67.3 Å². The van der Waals surface area contributed by atoms with Crippen molar-refractivity contribution in [2.75, 3.05) is 36.4 Å². The number of anilines is 2. The van der Waals surface area contributed by atoms with Crippen LogP contribution in [0.2, 0.25) is 5.02 Å². The molecule has 1 aromatic heterocycles. The quantitative estimate of drug-likeness (QED) is 0.514. The van der Waals surface area contributed by atoms with Crippen LogP contribution in [0.5, 0.6) is 0 Å². The molecule has 0 unspecified atom stereocenters.